The molecule has 0 atom stereocenters. The summed E-state index contributed by atoms with van der Waals surface area (Å²) in [6.07, 6.45) is 1.92. The van der Waals surface area contributed by atoms with Gasteiger partial charge in [-0.15, -0.1) is 0 Å². The number of aryl methyl sites for hydroxylation is 2. The maximum atomic E-state index is 6.05. The summed E-state index contributed by atoms with van der Waals surface area (Å²) in [6.45, 7) is 11.6. The lowest BCUT2D eigenvalue weighted by Gasteiger charge is -2.23. The van der Waals surface area contributed by atoms with Gasteiger partial charge in [0.25, 0.3) is 0 Å². The van der Waals surface area contributed by atoms with Crippen LogP contribution in [0.5, 0.6) is 5.75 Å². The fourth-order valence-corrected chi connectivity index (χ4v) is 2.81. The molecule has 0 aliphatic carbocycles. The molecule has 0 saturated carbocycles. The van der Waals surface area contributed by atoms with Crippen LogP contribution in [0.2, 0.25) is 0 Å². The Morgan fingerprint density at radius 2 is 1.93 bits per heavy atom. The second-order valence-corrected chi connectivity index (χ2v) is 7.58. The van der Waals surface area contributed by atoms with Gasteiger partial charge in [0, 0.05) is 31.3 Å². The van der Waals surface area contributed by atoms with E-state index in [0.717, 1.165) is 48.1 Å². The van der Waals surface area contributed by atoms with Gasteiger partial charge in [0.05, 0.1) is 5.69 Å². The first-order chi connectivity index (χ1) is 12.8. The number of aliphatic imine (C=N–C) groups is 1. The van der Waals surface area contributed by atoms with Crippen molar-refractivity contribution in [3.63, 3.8) is 0 Å². The zero-order valence-corrected chi connectivity index (χ0v) is 17.3. The molecule has 148 valence electrons. The van der Waals surface area contributed by atoms with Crippen LogP contribution in [0.25, 0.3) is 0 Å². The molecule has 0 saturated heterocycles. The van der Waals surface area contributed by atoms with Crippen molar-refractivity contribution < 1.29 is 9.26 Å². The minimum atomic E-state index is -0.228. The Morgan fingerprint density at radius 3 is 2.56 bits per heavy atom. The molecule has 0 aliphatic rings. The summed E-state index contributed by atoms with van der Waals surface area (Å²) in [5.74, 6) is 2.58. The van der Waals surface area contributed by atoms with Crippen molar-refractivity contribution in [2.24, 2.45) is 4.99 Å². The molecule has 1 aromatic carbocycles. The van der Waals surface area contributed by atoms with Gasteiger partial charge in [-0.25, -0.2) is 0 Å². The Kier molecular flexibility index (Phi) is 7.28. The Balaban J connectivity index is 1.82. The molecular formula is C21H32N4O2. The molecule has 2 rings (SSSR count). The number of para-hydroxylation sites is 1. The van der Waals surface area contributed by atoms with Crippen molar-refractivity contribution in [3.8, 4) is 5.75 Å². The SMILES string of the molecule is CN=C(NCCCc1c(C)noc1C)NCc1ccccc1OC(C)(C)C. The molecule has 1 heterocycles. The summed E-state index contributed by atoms with van der Waals surface area (Å²) in [4.78, 5) is 4.30. The summed E-state index contributed by atoms with van der Waals surface area (Å²) in [6, 6.07) is 8.08. The van der Waals surface area contributed by atoms with Crippen LogP contribution in [0.15, 0.2) is 33.8 Å². The maximum absolute atomic E-state index is 6.05. The lowest BCUT2D eigenvalue weighted by atomic mass is 10.1. The van der Waals surface area contributed by atoms with Gasteiger partial charge in [0.15, 0.2) is 5.96 Å². The summed E-state index contributed by atoms with van der Waals surface area (Å²) in [7, 11) is 1.78. The highest BCUT2D eigenvalue weighted by Crippen LogP contribution is 2.22. The van der Waals surface area contributed by atoms with Gasteiger partial charge >= 0.3 is 0 Å². The van der Waals surface area contributed by atoms with Gasteiger partial charge < -0.3 is 19.9 Å². The molecule has 0 unspecified atom stereocenters. The molecule has 0 radical (unpaired) electrons. The molecule has 6 nitrogen and oxygen atoms in total. The summed E-state index contributed by atoms with van der Waals surface area (Å²) < 4.78 is 11.3. The van der Waals surface area contributed by atoms with E-state index in [2.05, 4.69) is 47.6 Å². The van der Waals surface area contributed by atoms with Gasteiger partial charge in [-0.2, -0.15) is 0 Å². The third-order valence-corrected chi connectivity index (χ3v) is 4.14. The van der Waals surface area contributed by atoms with E-state index in [4.69, 9.17) is 9.26 Å². The molecule has 2 aromatic rings. The summed E-state index contributed by atoms with van der Waals surface area (Å²) >= 11 is 0. The Labute approximate surface area is 162 Å². The first-order valence-corrected chi connectivity index (χ1v) is 9.43. The van der Waals surface area contributed by atoms with Crippen molar-refractivity contribution in [1.82, 2.24) is 15.8 Å². The first-order valence-electron chi connectivity index (χ1n) is 9.43. The lowest BCUT2D eigenvalue weighted by Crippen LogP contribution is -2.37. The number of ether oxygens (including phenoxy) is 1. The molecule has 0 amide bonds. The van der Waals surface area contributed by atoms with Gasteiger partial charge in [-0.1, -0.05) is 23.4 Å². The number of guanidine groups is 1. The summed E-state index contributed by atoms with van der Waals surface area (Å²) in [5, 5.41) is 10.7. The van der Waals surface area contributed by atoms with Crippen molar-refractivity contribution in [2.45, 2.75) is 59.6 Å². The monoisotopic (exact) mass is 372 g/mol. The maximum Gasteiger partial charge on any atom is 0.191 e. The van der Waals surface area contributed by atoms with Crippen LogP contribution < -0.4 is 15.4 Å². The van der Waals surface area contributed by atoms with Crippen molar-refractivity contribution in [3.05, 3.63) is 46.8 Å². The van der Waals surface area contributed by atoms with Crippen molar-refractivity contribution in [2.75, 3.05) is 13.6 Å². The number of aromatic nitrogens is 1. The van der Waals surface area contributed by atoms with Crippen LogP contribution in [0, 0.1) is 13.8 Å². The average Bonchev–Trinajstić information content (AvgIpc) is 2.92. The normalized spacial score (nSPS) is 12.1. The third-order valence-electron chi connectivity index (χ3n) is 4.14. The Morgan fingerprint density at radius 1 is 1.19 bits per heavy atom. The van der Waals surface area contributed by atoms with Crippen LogP contribution in [-0.4, -0.2) is 30.3 Å². The number of nitrogens with zero attached hydrogens (tertiary/aromatic N) is 2. The molecule has 0 aliphatic heterocycles. The molecule has 2 N–H and O–H groups in total. The minimum absolute atomic E-state index is 0.228. The lowest BCUT2D eigenvalue weighted by molar-refractivity contribution is 0.129. The van der Waals surface area contributed by atoms with E-state index < -0.39 is 0 Å². The highest BCUT2D eigenvalue weighted by molar-refractivity contribution is 5.79. The number of hydrogen-bond donors (Lipinski definition) is 2. The van der Waals surface area contributed by atoms with Crippen LogP contribution >= 0.6 is 0 Å². The first kappa shape index (κ1) is 20.8. The highest BCUT2D eigenvalue weighted by Gasteiger charge is 2.14. The second-order valence-electron chi connectivity index (χ2n) is 7.58. The van der Waals surface area contributed by atoms with E-state index in [1.165, 1.54) is 5.56 Å². The fourth-order valence-electron chi connectivity index (χ4n) is 2.81. The van der Waals surface area contributed by atoms with Crippen molar-refractivity contribution >= 4 is 5.96 Å². The molecule has 0 bridgehead atoms. The average molecular weight is 373 g/mol. The quantitative estimate of drug-likeness (QED) is 0.440. The topological polar surface area (TPSA) is 71.7 Å². The molecule has 0 spiro atoms. The molecule has 1 aromatic heterocycles. The highest BCUT2D eigenvalue weighted by atomic mass is 16.5. The third kappa shape index (κ3) is 6.62. The fraction of sp³-hybridized carbons (Fsp3) is 0.524. The molecular weight excluding hydrogens is 340 g/mol. The van der Waals surface area contributed by atoms with Crippen molar-refractivity contribution in [1.29, 1.82) is 0 Å². The molecule has 6 heteroatoms. The number of rotatable bonds is 7. The number of benzene rings is 1. The van der Waals surface area contributed by atoms with Gasteiger partial charge in [0.1, 0.15) is 17.1 Å². The Bertz CT molecular complexity index is 740. The van der Waals surface area contributed by atoms with E-state index in [-0.39, 0.29) is 5.60 Å². The second kappa shape index (κ2) is 9.44. The summed E-state index contributed by atoms with van der Waals surface area (Å²) in [5.41, 5.74) is 3.05. The van der Waals surface area contributed by atoms with Crippen LogP contribution in [0.4, 0.5) is 0 Å². The largest absolute Gasteiger partial charge is 0.488 e. The van der Waals surface area contributed by atoms with E-state index >= 15 is 0 Å². The van der Waals surface area contributed by atoms with E-state index in [9.17, 15) is 0 Å². The van der Waals surface area contributed by atoms with E-state index in [1.54, 1.807) is 7.05 Å². The smallest absolute Gasteiger partial charge is 0.191 e. The Hall–Kier alpha value is -2.50. The number of nitrogens with one attached hydrogen (secondary N) is 2. The van der Waals surface area contributed by atoms with Gasteiger partial charge in [0.2, 0.25) is 0 Å². The standard InChI is InChI=1S/C21H32N4O2/c1-15-18(16(2)27-25-15)11-9-13-23-20(22-6)24-14-17-10-7-8-12-19(17)26-21(3,4)5/h7-8,10,12H,9,11,13-14H2,1-6H3,(H2,22,23,24). The van der Waals surface area contributed by atoms with Crippen LogP contribution in [0.3, 0.4) is 0 Å². The zero-order valence-electron chi connectivity index (χ0n) is 17.3. The molecule has 0 fully saturated rings. The van der Waals surface area contributed by atoms with E-state index in [0.29, 0.717) is 6.54 Å². The minimum Gasteiger partial charge on any atom is -0.488 e. The van der Waals surface area contributed by atoms with Crippen LogP contribution in [-0.2, 0) is 13.0 Å². The number of hydrogen-bond acceptors (Lipinski definition) is 4. The van der Waals surface area contributed by atoms with Crippen LogP contribution in [0.1, 0.15) is 49.8 Å². The predicted molar refractivity (Wildman–Crippen MR) is 109 cm³/mol. The molecule has 27 heavy (non-hydrogen) atoms. The van der Waals surface area contributed by atoms with E-state index in [1.807, 2.05) is 32.0 Å². The van der Waals surface area contributed by atoms with Gasteiger partial charge in [-0.3, -0.25) is 4.99 Å². The van der Waals surface area contributed by atoms with Gasteiger partial charge in [-0.05, 0) is 53.5 Å². The predicted octanol–water partition coefficient (Wildman–Crippen LogP) is 3.77. The zero-order chi connectivity index (χ0) is 19.9.